The fourth-order valence-corrected chi connectivity index (χ4v) is 5.87. The van der Waals surface area contributed by atoms with Crippen LogP contribution in [-0.4, -0.2) is 72.1 Å². The number of carbonyl (C=O) groups excluding carboxylic acids is 3. The van der Waals surface area contributed by atoms with Gasteiger partial charge in [-0.15, -0.1) is 0 Å². The van der Waals surface area contributed by atoms with Gasteiger partial charge in [-0.1, -0.05) is 49.6 Å². The topological polar surface area (TPSA) is 120 Å². The SMILES string of the molecule is C[C@@H]1CN[C@@H](C2CCCCC2)C(=O)N(C)[C@H](C)C(=O)N[C@H](Cc2ccc(O)cc2)C(=O)NCCCc2ccccc2O1. The van der Waals surface area contributed by atoms with Crippen LogP contribution in [0.4, 0.5) is 0 Å². The van der Waals surface area contributed by atoms with E-state index >= 15 is 0 Å². The summed E-state index contributed by atoms with van der Waals surface area (Å²) in [5.41, 5.74) is 1.86. The van der Waals surface area contributed by atoms with E-state index in [9.17, 15) is 19.5 Å². The molecule has 4 N–H and O–H groups in total. The summed E-state index contributed by atoms with van der Waals surface area (Å²) in [5, 5.41) is 19.1. The summed E-state index contributed by atoms with van der Waals surface area (Å²) in [6.07, 6.45) is 6.78. The van der Waals surface area contributed by atoms with E-state index in [1.54, 1.807) is 38.2 Å². The number of nitrogens with one attached hydrogen (secondary N) is 3. The Labute approximate surface area is 249 Å². The number of para-hydroxylation sites is 1. The van der Waals surface area contributed by atoms with Gasteiger partial charge in [0.1, 0.15) is 29.7 Å². The smallest absolute Gasteiger partial charge is 0.243 e. The third-order valence-corrected chi connectivity index (χ3v) is 8.55. The van der Waals surface area contributed by atoms with Crippen molar-refractivity contribution in [1.82, 2.24) is 20.9 Å². The van der Waals surface area contributed by atoms with Crippen molar-refractivity contribution in [2.45, 2.75) is 89.4 Å². The number of hydrogen-bond acceptors (Lipinski definition) is 6. The van der Waals surface area contributed by atoms with Crippen LogP contribution in [0, 0.1) is 5.92 Å². The summed E-state index contributed by atoms with van der Waals surface area (Å²) in [6, 6.07) is 12.5. The van der Waals surface area contributed by atoms with E-state index in [0.29, 0.717) is 19.5 Å². The molecule has 4 rings (SSSR count). The van der Waals surface area contributed by atoms with Crippen molar-refractivity contribution in [3.8, 4) is 11.5 Å². The lowest BCUT2D eigenvalue weighted by atomic mass is 9.83. The Balaban J connectivity index is 1.59. The maximum absolute atomic E-state index is 13.9. The molecular weight excluding hydrogens is 532 g/mol. The number of amides is 3. The highest BCUT2D eigenvalue weighted by molar-refractivity contribution is 5.93. The van der Waals surface area contributed by atoms with Crippen molar-refractivity contribution >= 4 is 17.7 Å². The van der Waals surface area contributed by atoms with Crippen LogP contribution in [0.3, 0.4) is 0 Å². The van der Waals surface area contributed by atoms with E-state index in [2.05, 4.69) is 16.0 Å². The van der Waals surface area contributed by atoms with Crippen LogP contribution < -0.4 is 20.7 Å². The zero-order valence-corrected chi connectivity index (χ0v) is 25.1. The van der Waals surface area contributed by atoms with Gasteiger partial charge in [0.25, 0.3) is 0 Å². The molecule has 3 amide bonds. The largest absolute Gasteiger partial charge is 0.508 e. The molecule has 1 fully saturated rings. The molecule has 1 heterocycles. The molecule has 2 aromatic carbocycles. The molecule has 1 aliphatic carbocycles. The molecule has 1 saturated carbocycles. The summed E-state index contributed by atoms with van der Waals surface area (Å²) in [4.78, 5) is 42.2. The molecule has 2 aliphatic rings. The molecule has 42 heavy (non-hydrogen) atoms. The van der Waals surface area contributed by atoms with E-state index < -0.39 is 18.1 Å². The highest BCUT2D eigenvalue weighted by Crippen LogP contribution is 2.28. The van der Waals surface area contributed by atoms with Crippen molar-refractivity contribution in [2.24, 2.45) is 5.92 Å². The average molecular weight is 579 g/mol. The second-order valence-corrected chi connectivity index (χ2v) is 11.8. The van der Waals surface area contributed by atoms with Crippen LogP contribution in [0.25, 0.3) is 0 Å². The molecule has 0 aromatic heterocycles. The Kier molecular flexibility index (Phi) is 11.2. The van der Waals surface area contributed by atoms with Gasteiger partial charge in [-0.3, -0.25) is 14.4 Å². The molecule has 0 spiro atoms. The molecular formula is C33H46N4O5. The standard InChI is InChI=1S/C33H46N4O5/c1-22-21-35-30(26-11-5-4-6-12-26)33(41)37(3)23(2)31(39)36-28(20-24-15-17-27(38)18-16-24)32(40)34-19-9-13-25-10-7-8-14-29(25)42-22/h7-8,10,14-18,22-23,26,28,30,35,38H,4-6,9,11-13,19-21H2,1-3H3,(H,34,40)(H,36,39)/t22-,23-,28-,30+/m1/s1. The Morgan fingerprint density at radius 1 is 0.929 bits per heavy atom. The molecule has 0 saturated heterocycles. The van der Waals surface area contributed by atoms with Gasteiger partial charge in [0.15, 0.2) is 0 Å². The van der Waals surface area contributed by atoms with Crippen molar-refractivity contribution in [3.05, 3.63) is 59.7 Å². The summed E-state index contributed by atoms with van der Waals surface area (Å²) >= 11 is 0. The zero-order valence-electron chi connectivity index (χ0n) is 25.1. The van der Waals surface area contributed by atoms with E-state index in [4.69, 9.17) is 4.74 Å². The minimum atomic E-state index is -0.837. The third kappa shape index (κ3) is 8.47. The predicted octanol–water partition coefficient (Wildman–Crippen LogP) is 3.33. The number of aromatic hydroxyl groups is 1. The number of nitrogens with zero attached hydrogens (tertiary/aromatic N) is 1. The minimum Gasteiger partial charge on any atom is -0.508 e. The number of benzene rings is 2. The molecule has 4 atom stereocenters. The third-order valence-electron chi connectivity index (χ3n) is 8.55. The fraction of sp³-hybridized carbons (Fsp3) is 0.545. The molecule has 0 bridgehead atoms. The summed E-state index contributed by atoms with van der Waals surface area (Å²) < 4.78 is 6.33. The van der Waals surface area contributed by atoms with Gasteiger partial charge in [0.2, 0.25) is 17.7 Å². The Morgan fingerprint density at radius 3 is 2.38 bits per heavy atom. The van der Waals surface area contributed by atoms with Gasteiger partial charge in [-0.2, -0.15) is 0 Å². The first kappa shape index (κ1) is 31.3. The van der Waals surface area contributed by atoms with Crippen molar-refractivity contribution in [2.75, 3.05) is 20.1 Å². The first-order valence-corrected chi connectivity index (χ1v) is 15.3. The second-order valence-electron chi connectivity index (χ2n) is 11.8. The maximum Gasteiger partial charge on any atom is 0.243 e. The monoisotopic (exact) mass is 578 g/mol. The Morgan fingerprint density at radius 2 is 1.64 bits per heavy atom. The molecule has 9 nitrogen and oxygen atoms in total. The molecule has 0 radical (unpaired) electrons. The quantitative estimate of drug-likeness (QED) is 0.444. The molecule has 228 valence electrons. The van der Waals surface area contributed by atoms with Crippen LogP contribution in [0.1, 0.15) is 63.5 Å². The van der Waals surface area contributed by atoms with E-state index in [0.717, 1.165) is 49.0 Å². The van der Waals surface area contributed by atoms with Gasteiger partial charge >= 0.3 is 0 Å². The number of phenols is 1. The minimum absolute atomic E-state index is 0.127. The van der Waals surface area contributed by atoms with Gasteiger partial charge in [0, 0.05) is 26.6 Å². The van der Waals surface area contributed by atoms with Crippen LogP contribution in [0.15, 0.2) is 48.5 Å². The van der Waals surface area contributed by atoms with Crippen molar-refractivity contribution in [1.29, 1.82) is 0 Å². The van der Waals surface area contributed by atoms with Crippen molar-refractivity contribution < 1.29 is 24.2 Å². The van der Waals surface area contributed by atoms with E-state index in [1.807, 2.05) is 31.2 Å². The summed E-state index contributed by atoms with van der Waals surface area (Å²) in [7, 11) is 1.66. The number of fused-ring (bicyclic) bond motifs is 1. The highest BCUT2D eigenvalue weighted by Gasteiger charge is 2.35. The zero-order chi connectivity index (χ0) is 30.1. The molecule has 0 unspecified atom stereocenters. The predicted molar refractivity (Wildman–Crippen MR) is 162 cm³/mol. The van der Waals surface area contributed by atoms with Crippen LogP contribution in [0.5, 0.6) is 11.5 Å². The normalized spacial score (nSPS) is 25.8. The number of likely N-dealkylation sites (N-methyl/N-ethyl adjacent to an activating group) is 1. The number of ether oxygens (including phenoxy) is 1. The Hall–Kier alpha value is -3.59. The summed E-state index contributed by atoms with van der Waals surface area (Å²) in [5.74, 6) is 0.311. The molecule has 2 aromatic rings. The lowest BCUT2D eigenvalue weighted by Gasteiger charge is -2.35. The van der Waals surface area contributed by atoms with Crippen LogP contribution in [-0.2, 0) is 27.2 Å². The fourth-order valence-electron chi connectivity index (χ4n) is 5.87. The van der Waals surface area contributed by atoms with Crippen LogP contribution >= 0.6 is 0 Å². The number of carbonyl (C=O) groups is 3. The maximum atomic E-state index is 13.9. The first-order valence-electron chi connectivity index (χ1n) is 15.3. The molecule has 9 heteroatoms. The van der Waals surface area contributed by atoms with Gasteiger partial charge in [0.05, 0.1) is 6.04 Å². The highest BCUT2D eigenvalue weighted by atomic mass is 16.5. The van der Waals surface area contributed by atoms with E-state index in [-0.39, 0.29) is 41.9 Å². The lowest BCUT2D eigenvalue weighted by Crippen LogP contribution is -2.58. The van der Waals surface area contributed by atoms with Gasteiger partial charge in [-0.05, 0) is 74.8 Å². The number of phenolic OH excluding ortho intramolecular Hbond substituents is 1. The van der Waals surface area contributed by atoms with Gasteiger partial charge < -0.3 is 30.7 Å². The van der Waals surface area contributed by atoms with Crippen LogP contribution in [0.2, 0.25) is 0 Å². The average Bonchev–Trinajstić information content (AvgIpc) is 3.00. The second kappa shape index (κ2) is 15.0. The van der Waals surface area contributed by atoms with Crippen molar-refractivity contribution in [3.63, 3.8) is 0 Å². The molecule has 1 aliphatic heterocycles. The first-order chi connectivity index (χ1) is 20.2. The van der Waals surface area contributed by atoms with E-state index in [1.165, 1.54) is 11.3 Å². The number of rotatable bonds is 3. The summed E-state index contributed by atoms with van der Waals surface area (Å²) in [6.45, 7) is 4.63. The number of aryl methyl sites for hydroxylation is 1. The Bertz CT molecular complexity index is 1200. The van der Waals surface area contributed by atoms with Gasteiger partial charge in [-0.25, -0.2) is 0 Å². The number of hydrogen-bond donors (Lipinski definition) is 4. The lowest BCUT2D eigenvalue weighted by molar-refractivity contribution is -0.142.